The van der Waals surface area contributed by atoms with Crippen LogP contribution in [0.5, 0.6) is 0 Å². The quantitative estimate of drug-likeness (QED) is 0.449. The van der Waals surface area contributed by atoms with E-state index in [1.165, 1.54) is 0 Å². The molecular formula is C15H25N3O3. The van der Waals surface area contributed by atoms with Crippen LogP contribution >= 0.6 is 0 Å². The summed E-state index contributed by atoms with van der Waals surface area (Å²) in [5.74, 6) is -1.14. The van der Waals surface area contributed by atoms with E-state index in [1.807, 2.05) is 13.8 Å². The Labute approximate surface area is 125 Å². The summed E-state index contributed by atoms with van der Waals surface area (Å²) in [5, 5.41) is 15.9. The molecule has 118 valence electrons. The summed E-state index contributed by atoms with van der Waals surface area (Å²) in [6, 6.07) is 0. The number of aryl methyl sites for hydroxylation is 2. The third kappa shape index (κ3) is 4.39. The van der Waals surface area contributed by atoms with Gasteiger partial charge in [0.05, 0.1) is 11.3 Å². The van der Waals surface area contributed by atoms with Gasteiger partial charge in [-0.05, 0) is 32.1 Å². The molecule has 1 aromatic heterocycles. The number of hydrogen-bond acceptors (Lipinski definition) is 4. The van der Waals surface area contributed by atoms with Crippen LogP contribution in [-0.2, 0) is 11.8 Å². The van der Waals surface area contributed by atoms with Crippen LogP contribution in [0.4, 0.5) is 0 Å². The molecule has 0 unspecified atom stereocenters. The van der Waals surface area contributed by atoms with E-state index in [1.54, 1.807) is 25.6 Å². The van der Waals surface area contributed by atoms with E-state index in [9.17, 15) is 9.59 Å². The van der Waals surface area contributed by atoms with Crippen LogP contribution < -0.4 is 5.32 Å². The van der Waals surface area contributed by atoms with E-state index in [-0.39, 0.29) is 12.0 Å². The van der Waals surface area contributed by atoms with Gasteiger partial charge >= 0.3 is 0 Å². The normalized spacial score (nSPS) is 11.5. The number of hydrogen-bond donors (Lipinski definition) is 2. The molecular weight excluding hydrogens is 270 g/mol. The Balaban J connectivity index is 2.55. The fraction of sp³-hybridized carbons (Fsp3) is 0.667. The van der Waals surface area contributed by atoms with Gasteiger partial charge in [0.1, 0.15) is 0 Å². The SMILES string of the molecule is Cc1nn(C)c(C)c1C(=O)C(=O)NCCCC(C)(C)CO. The topological polar surface area (TPSA) is 84.2 Å². The van der Waals surface area contributed by atoms with Crippen LogP contribution in [0.15, 0.2) is 0 Å². The van der Waals surface area contributed by atoms with Gasteiger partial charge in [-0.2, -0.15) is 5.10 Å². The molecule has 0 bridgehead atoms. The number of Topliss-reactive ketones (excluding diaryl/α,β-unsaturated/α-hetero) is 1. The Morgan fingerprint density at radius 1 is 1.33 bits per heavy atom. The number of carbonyl (C=O) groups excluding carboxylic acids is 2. The largest absolute Gasteiger partial charge is 0.396 e. The second-order valence-corrected chi connectivity index (χ2v) is 6.18. The number of nitrogens with zero attached hydrogens (tertiary/aromatic N) is 2. The lowest BCUT2D eigenvalue weighted by Crippen LogP contribution is -2.33. The minimum absolute atomic E-state index is 0.105. The molecule has 0 saturated carbocycles. The average Bonchev–Trinajstić information content (AvgIpc) is 2.67. The first-order valence-corrected chi connectivity index (χ1v) is 7.13. The zero-order chi connectivity index (χ0) is 16.2. The Kier molecular flexibility index (Phi) is 5.66. The monoisotopic (exact) mass is 295 g/mol. The first-order chi connectivity index (χ1) is 9.69. The highest BCUT2D eigenvalue weighted by molar-refractivity contribution is 6.43. The number of aliphatic hydroxyl groups is 1. The fourth-order valence-corrected chi connectivity index (χ4v) is 2.14. The lowest BCUT2D eigenvalue weighted by atomic mass is 9.89. The van der Waals surface area contributed by atoms with Gasteiger partial charge in [0, 0.05) is 25.9 Å². The molecule has 0 aliphatic carbocycles. The summed E-state index contributed by atoms with van der Waals surface area (Å²) in [6.07, 6.45) is 1.50. The van der Waals surface area contributed by atoms with Crippen molar-refractivity contribution in [1.82, 2.24) is 15.1 Å². The van der Waals surface area contributed by atoms with Crippen LogP contribution in [0.3, 0.4) is 0 Å². The third-order valence-electron chi connectivity index (χ3n) is 3.69. The molecule has 0 radical (unpaired) electrons. The molecule has 1 rings (SSSR count). The van der Waals surface area contributed by atoms with Crippen molar-refractivity contribution >= 4 is 11.7 Å². The molecule has 21 heavy (non-hydrogen) atoms. The number of carbonyl (C=O) groups is 2. The molecule has 0 aliphatic heterocycles. The maximum absolute atomic E-state index is 12.1. The molecule has 6 heteroatoms. The summed E-state index contributed by atoms with van der Waals surface area (Å²) in [7, 11) is 1.74. The highest BCUT2D eigenvalue weighted by Gasteiger charge is 2.23. The van der Waals surface area contributed by atoms with Crippen LogP contribution in [0.1, 0.15) is 48.4 Å². The van der Waals surface area contributed by atoms with Gasteiger partial charge in [0.2, 0.25) is 0 Å². The molecule has 1 aromatic rings. The number of amides is 1. The van der Waals surface area contributed by atoms with Crippen LogP contribution in [-0.4, -0.2) is 39.7 Å². The number of nitrogens with one attached hydrogen (secondary N) is 1. The summed E-state index contributed by atoms with van der Waals surface area (Å²) in [4.78, 5) is 24.0. The van der Waals surface area contributed by atoms with Gasteiger partial charge in [-0.15, -0.1) is 0 Å². The zero-order valence-electron chi connectivity index (χ0n) is 13.5. The van der Waals surface area contributed by atoms with E-state index < -0.39 is 11.7 Å². The first kappa shape index (κ1) is 17.4. The molecule has 0 aliphatic rings. The summed E-state index contributed by atoms with van der Waals surface area (Å²) in [6.45, 7) is 7.94. The van der Waals surface area contributed by atoms with E-state index in [0.717, 1.165) is 12.8 Å². The maximum Gasteiger partial charge on any atom is 0.292 e. The maximum atomic E-state index is 12.1. The van der Waals surface area contributed by atoms with Gasteiger partial charge < -0.3 is 10.4 Å². The van der Waals surface area contributed by atoms with Crippen LogP contribution in [0.2, 0.25) is 0 Å². The van der Waals surface area contributed by atoms with E-state index >= 15 is 0 Å². The highest BCUT2D eigenvalue weighted by Crippen LogP contribution is 2.20. The number of ketones is 1. The number of aromatic nitrogens is 2. The van der Waals surface area contributed by atoms with Gasteiger partial charge in [-0.3, -0.25) is 14.3 Å². The zero-order valence-corrected chi connectivity index (χ0v) is 13.5. The molecule has 1 amide bonds. The predicted octanol–water partition coefficient (Wildman–Crippen LogP) is 1.13. The molecule has 1 heterocycles. The van der Waals surface area contributed by atoms with Crippen LogP contribution in [0.25, 0.3) is 0 Å². The van der Waals surface area contributed by atoms with Gasteiger partial charge in [0.25, 0.3) is 11.7 Å². The van der Waals surface area contributed by atoms with Crippen molar-refractivity contribution in [2.75, 3.05) is 13.2 Å². The van der Waals surface area contributed by atoms with Crippen molar-refractivity contribution in [2.24, 2.45) is 12.5 Å². The van der Waals surface area contributed by atoms with Crippen molar-refractivity contribution in [3.8, 4) is 0 Å². The Morgan fingerprint density at radius 2 is 1.95 bits per heavy atom. The minimum atomic E-state index is -0.601. The van der Waals surface area contributed by atoms with Gasteiger partial charge in [-0.25, -0.2) is 0 Å². The van der Waals surface area contributed by atoms with Crippen molar-refractivity contribution in [2.45, 2.75) is 40.5 Å². The molecule has 2 N–H and O–H groups in total. The molecule has 0 fully saturated rings. The average molecular weight is 295 g/mol. The van der Waals surface area contributed by atoms with Crippen molar-refractivity contribution in [3.63, 3.8) is 0 Å². The highest BCUT2D eigenvalue weighted by atomic mass is 16.3. The van der Waals surface area contributed by atoms with E-state index in [4.69, 9.17) is 5.11 Å². The standard InChI is InChI=1S/C15H25N3O3/c1-10-12(11(2)18(5)17-10)13(20)14(21)16-8-6-7-15(3,4)9-19/h19H,6-9H2,1-5H3,(H,16,21). The number of aliphatic hydroxyl groups excluding tert-OH is 1. The van der Waals surface area contributed by atoms with Crippen molar-refractivity contribution in [1.29, 1.82) is 0 Å². The van der Waals surface area contributed by atoms with Crippen LogP contribution in [0, 0.1) is 19.3 Å². The summed E-state index contributed by atoms with van der Waals surface area (Å²) in [5.41, 5.74) is 1.47. The Morgan fingerprint density at radius 3 is 2.43 bits per heavy atom. The van der Waals surface area contributed by atoms with Gasteiger partial charge in [-0.1, -0.05) is 13.8 Å². The summed E-state index contributed by atoms with van der Waals surface area (Å²) >= 11 is 0. The lowest BCUT2D eigenvalue weighted by molar-refractivity contribution is -0.117. The Hall–Kier alpha value is -1.69. The fourth-order valence-electron chi connectivity index (χ4n) is 2.14. The molecule has 0 saturated heterocycles. The summed E-state index contributed by atoms with van der Waals surface area (Å²) < 4.78 is 1.60. The number of rotatable bonds is 7. The van der Waals surface area contributed by atoms with E-state index in [0.29, 0.717) is 23.5 Å². The van der Waals surface area contributed by atoms with Crippen molar-refractivity contribution in [3.05, 3.63) is 17.0 Å². The second-order valence-electron chi connectivity index (χ2n) is 6.18. The van der Waals surface area contributed by atoms with E-state index in [2.05, 4.69) is 10.4 Å². The first-order valence-electron chi connectivity index (χ1n) is 7.13. The Bertz CT molecular complexity index is 533. The van der Waals surface area contributed by atoms with Gasteiger partial charge in [0.15, 0.2) is 0 Å². The second kappa shape index (κ2) is 6.85. The predicted molar refractivity (Wildman–Crippen MR) is 80.1 cm³/mol. The van der Waals surface area contributed by atoms with Crippen molar-refractivity contribution < 1.29 is 14.7 Å². The molecule has 0 spiro atoms. The third-order valence-corrected chi connectivity index (χ3v) is 3.69. The molecule has 6 nitrogen and oxygen atoms in total. The minimum Gasteiger partial charge on any atom is -0.396 e. The molecule has 0 aromatic carbocycles. The smallest absolute Gasteiger partial charge is 0.292 e. The lowest BCUT2D eigenvalue weighted by Gasteiger charge is -2.21. The molecule has 0 atom stereocenters.